The van der Waals surface area contributed by atoms with Crippen molar-refractivity contribution in [2.75, 3.05) is 13.1 Å². The van der Waals surface area contributed by atoms with Gasteiger partial charge in [0.2, 0.25) is 5.91 Å². The van der Waals surface area contributed by atoms with Gasteiger partial charge in [-0.2, -0.15) is 0 Å². The quantitative estimate of drug-likeness (QED) is 0.890. The Labute approximate surface area is 122 Å². The zero-order valence-corrected chi connectivity index (χ0v) is 12.8. The second-order valence-electron chi connectivity index (χ2n) is 5.98. The molecule has 1 amide bonds. The van der Waals surface area contributed by atoms with Gasteiger partial charge in [-0.25, -0.2) is 4.79 Å². The number of carbonyl (C=O) groups excluding carboxylic acids is 1. The van der Waals surface area contributed by atoms with E-state index in [1.807, 2.05) is 32.2 Å². The highest BCUT2D eigenvalue weighted by Gasteiger charge is 2.36. The number of fused-ring (bicyclic) bond motifs is 1. The smallest absolute Gasteiger partial charge is 0.331 e. The lowest BCUT2D eigenvalue weighted by Crippen LogP contribution is -2.49. The lowest BCUT2D eigenvalue weighted by atomic mass is 10.00. The molecule has 0 aromatic carbocycles. The van der Waals surface area contributed by atoms with Crippen LogP contribution in [0.3, 0.4) is 0 Å². The maximum atomic E-state index is 12.3. The van der Waals surface area contributed by atoms with Gasteiger partial charge < -0.3 is 15.3 Å². The summed E-state index contributed by atoms with van der Waals surface area (Å²) in [4.78, 5) is 26.4. The van der Waals surface area contributed by atoms with E-state index in [1.54, 1.807) is 11.3 Å². The van der Waals surface area contributed by atoms with Gasteiger partial charge in [-0.15, -0.1) is 11.3 Å². The number of carboxylic acids is 1. The number of carboxylic acid groups (broad SMARTS) is 1. The van der Waals surface area contributed by atoms with Crippen LogP contribution in [0, 0.1) is 0 Å². The first-order valence-corrected chi connectivity index (χ1v) is 7.51. The minimum Gasteiger partial charge on any atom is -0.479 e. The van der Waals surface area contributed by atoms with E-state index in [9.17, 15) is 14.7 Å². The van der Waals surface area contributed by atoms with E-state index < -0.39 is 12.0 Å². The van der Waals surface area contributed by atoms with E-state index in [4.69, 9.17) is 0 Å². The van der Waals surface area contributed by atoms with E-state index >= 15 is 0 Å². The molecule has 2 heterocycles. The normalized spacial score (nSPS) is 18.8. The van der Waals surface area contributed by atoms with E-state index in [1.165, 1.54) is 4.90 Å². The molecule has 2 rings (SSSR count). The molecule has 2 N–H and O–H groups in total. The SMILES string of the molecule is CC(C)(C)NCC(=O)N1CCc2sccc2C1C(=O)O. The number of hydrogen-bond donors (Lipinski definition) is 2. The molecule has 0 saturated carbocycles. The van der Waals surface area contributed by atoms with Gasteiger partial charge in [0.15, 0.2) is 6.04 Å². The molecular weight excluding hydrogens is 276 g/mol. The number of nitrogens with zero attached hydrogens (tertiary/aromatic N) is 1. The Morgan fingerprint density at radius 2 is 2.20 bits per heavy atom. The van der Waals surface area contributed by atoms with Gasteiger partial charge in [-0.3, -0.25) is 4.79 Å². The Kier molecular flexibility index (Phi) is 4.15. The molecule has 1 aliphatic rings. The Hall–Kier alpha value is -1.40. The molecule has 0 saturated heterocycles. The fraction of sp³-hybridized carbons (Fsp3) is 0.571. The molecule has 1 aliphatic heterocycles. The minimum absolute atomic E-state index is 0.159. The van der Waals surface area contributed by atoms with Crippen LogP contribution >= 0.6 is 11.3 Å². The molecule has 1 atom stereocenters. The summed E-state index contributed by atoms with van der Waals surface area (Å²) >= 11 is 1.56. The maximum Gasteiger partial charge on any atom is 0.331 e. The summed E-state index contributed by atoms with van der Waals surface area (Å²) in [5.41, 5.74) is 0.593. The van der Waals surface area contributed by atoms with Crippen LogP contribution < -0.4 is 5.32 Å². The minimum atomic E-state index is -0.964. The molecule has 0 aliphatic carbocycles. The molecule has 6 heteroatoms. The zero-order valence-electron chi connectivity index (χ0n) is 12.0. The molecule has 1 aromatic heterocycles. The van der Waals surface area contributed by atoms with Crippen LogP contribution in [-0.4, -0.2) is 40.5 Å². The fourth-order valence-corrected chi connectivity index (χ4v) is 3.20. The third-order valence-corrected chi connectivity index (χ3v) is 4.29. The molecule has 1 aromatic rings. The third kappa shape index (κ3) is 3.19. The Morgan fingerprint density at radius 1 is 1.50 bits per heavy atom. The van der Waals surface area contributed by atoms with E-state index in [0.717, 1.165) is 16.9 Å². The topological polar surface area (TPSA) is 69.6 Å². The summed E-state index contributed by atoms with van der Waals surface area (Å²) in [5.74, 6) is -1.13. The van der Waals surface area contributed by atoms with E-state index in [0.29, 0.717) is 6.54 Å². The lowest BCUT2D eigenvalue weighted by Gasteiger charge is -2.34. The van der Waals surface area contributed by atoms with Gasteiger partial charge in [0.1, 0.15) is 0 Å². The van der Waals surface area contributed by atoms with Gasteiger partial charge in [0.25, 0.3) is 0 Å². The second kappa shape index (κ2) is 5.54. The highest BCUT2D eigenvalue weighted by Crippen LogP contribution is 2.33. The van der Waals surface area contributed by atoms with Gasteiger partial charge >= 0.3 is 5.97 Å². The van der Waals surface area contributed by atoms with Crippen molar-refractivity contribution >= 4 is 23.2 Å². The fourth-order valence-electron chi connectivity index (χ4n) is 2.29. The highest BCUT2D eigenvalue weighted by molar-refractivity contribution is 7.10. The first-order valence-electron chi connectivity index (χ1n) is 6.63. The molecule has 20 heavy (non-hydrogen) atoms. The van der Waals surface area contributed by atoms with Crippen molar-refractivity contribution < 1.29 is 14.7 Å². The van der Waals surface area contributed by atoms with Crippen molar-refractivity contribution in [2.45, 2.75) is 38.8 Å². The second-order valence-corrected chi connectivity index (χ2v) is 6.98. The van der Waals surface area contributed by atoms with Gasteiger partial charge in [-0.1, -0.05) is 0 Å². The molecule has 0 fully saturated rings. The molecule has 110 valence electrons. The van der Waals surface area contributed by atoms with Crippen LogP contribution in [0.25, 0.3) is 0 Å². The van der Waals surface area contributed by atoms with Crippen molar-refractivity contribution in [3.05, 3.63) is 21.9 Å². The summed E-state index contributed by atoms with van der Waals surface area (Å²) in [6.45, 7) is 6.55. The van der Waals surface area contributed by atoms with Crippen molar-refractivity contribution in [1.82, 2.24) is 10.2 Å². The lowest BCUT2D eigenvalue weighted by molar-refractivity contribution is -0.150. The van der Waals surface area contributed by atoms with Gasteiger partial charge in [-0.05, 0) is 44.2 Å². The number of carbonyl (C=O) groups is 2. The van der Waals surface area contributed by atoms with Crippen molar-refractivity contribution in [3.8, 4) is 0 Å². The van der Waals surface area contributed by atoms with Crippen molar-refractivity contribution in [1.29, 1.82) is 0 Å². The van der Waals surface area contributed by atoms with E-state index in [-0.39, 0.29) is 18.0 Å². The molecule has 0 radical (unpaired) electrons. The summed E-state index contributed by atoms with van der Waals surface area (Å²) in [6.07, 6.45) is 0.734. The highest BCUT2D eigenvalue weighted by atomic mass is 32.1. The predicted octanol–water partition coefficient (Wildman–Crippen LogP) is 1.65. The number of rotatable bonds is 3. The number of aliphatic carboxylic acids is 1. The monoisotopic (exact) mass is 296 g/mol. The third-order valence-electron chi connectivity index (χ3n) is 3.29. The maximum absolute atomic E-state index is 12.3. The Morgan fingerprint density at radius 3 is 2.80 bits per heavy atom. The van der Waals surface area contributed by atoms with E-state index in [2.05, 4.69) is 5.32 Å². The summed E-state index contributed by atoms with van der Waals surface area (Å²) in [5, 5.41) is 14.4. The molecule has 0 spiro atoms. The molecule has 5 nitrogen and oxygen atoms in total. The first-order chi connectivity index (χ1) is 9.29. The van der Waals surface area contributed by atoms with Crippen molar-refractivity contribution in [3.63, 3.8) is 0 Å². The number of nitrogens with one attached hydrogen (secondary N) is 1. The summed E-state index contributed by atoms with van der Waals surface area (Å²) in [7, 11) is 0. The van der Waals surface area contributed by atoms with Crippen LogP contribution in [0.4, 0.5) is 0 Å². The summed E-state index contributed by atoms with van der Waals surface area (Å²) < 4.78 is 0. The van der Waals surface area contributed by atoms with Crippen LogP contribution in [0.2, 0.25) is 0 Å². The first kappa shape index (κ1) is 15.0. The average Bonchev–Trinajstić information content (AvgIpc) is 2.81. The van der Waals surface area contributed by atoms with Crippen molar-refractivity contribution in [2.24, 2.45) is 0 Å². The Balaban J connectivity index is 2.15. The van der Waals surface area contributed by atoms with Crippen LogP contribution in [0.1, 0.15) is 37.3 Å². The largest absolute Gasteiger partial charge is 0.479 e. The van der Waals surface area contributed by atoms with Crippen LogP contribution in [0.5, 0.6) is 0 Å². The standard InChI is InChI=1S/C14H20N2O3S/c1-14(2,3)15-8-11(17)16-6-4-10-9(5-7-20-10)12(16)13(18)19/h5,7,12,15H,4,6,8H2,1-3H3,(H,18,19). The number of thiophene rings is 1. The predicted molar refractivity (Wildman–Crippen MR) is 77.9 cm³/mol. The summed E-state index contributed by atoms with van der Waals surface area (Å²) in [6, 6.07) is 0.967. The van der Waals surface area contributed by atoms with Gasteiger partial charge in [0, 0.05) is 17.0 Å². The number of amides is 1. The number of hydrogen-bond acceptors (Lipinski definition) is 4. The molecule has 1 unspecified atom stereocenters. The Bertz CT molecular complexity index is 519. The molecule has 0 bridgehead atoms. The van der Waals surface area contributed by atoms with Crippen LogP contribution in [0.15, 0.2) is 11.4 Å². The van der Waals surface area contributed by atoms with Crippen LogP contribution in [-0.2, 0) is 16.0 Å². The molecular formula is C14H20N2O3S. The average molecular weight is 296 g/mol. The zero-order chi connectivity index (χ0) is 14.9. The van der Waals surface area contributed by atoms with Gasteiger partial charge in [0.05, 0.1) is 6.54 Å².